The Morgan fingerprint density at radius 3 is 2.55 bits per heavy atom. The minimum absolute atomic E-state index is 0.388. The van der Waals surface area contributed by atoms with Crippen LogP contribution in [0.4, 0.5) is 0 Å². The van der Waals surface area contributed by atoms with Crippen LogP contribution >= 0.6 is 0 Å². The SMILES string of the molecule is C[C@H](CO[N+](=O)O)O[N+](=O)[O-]. The lowest BCUT2D eigenvalue weighted by Crippen LogP contribution is -2.21. The van der Waals surface area contributed by atoms with Gasteiger partial charge in [-0.2, -0.15) is 4.84 Å². The first-order valence-electron chi connectivity index (χ1n) is 2.62. The summed E-state index contributed by atoms with van der Waals surface area (Å²) >= 11 is 0. The molecule has 0 saturated carbocycles. The Morgan fingerprint density at radius 1 is 1.64 bits per heavy atom. The number of nitrogens with zero attached hydrogens (tertiary/aromatic N) is 2. The Balaban J connectivity index is 3.44. The Hall–Kier alpha value is -1.60. The van der Waals surface area contributed by atoms with Crippen molar-refractivity contribution in [2.45, 2.75) is 13.0 Å². The van der Waals surface area contributed by atoms with Gasteiger partial charge in [-0.25, -0.2) is 5.21 Å². The van der Waals surface area contributed by atoms with Crippen LogP contribution in [0.3, 0.4) is 0 Å². The van der Waals surface area contributed by atoms with E-state index < -0.39 is 16.3 Å². The maximum Gasteiger partial charge on any atom is 0.475 e. The van der Waals surface area contributed by atoms with Crippen LogP contribution in [0.1, 0.15) is 6.92 Å². The molecule has 0 aliphatic heterocycles. The topological polar surface area (TPSA) is 102 Å². The van der Waals surface area contributed by atoms with Gasteiger partial charge >= 0.3 is 5.09 Å². The predicted octanol–water partition coefficient (Wildman–Crippen LogP) is -0.317. The first kappa shape index (κ1) is 9.40. The standard InChI is InChI=1S/C3H7N2O6/c1-3(11-5(8)9)2-10-4(6)7/h3H,2H2,1H3,(H,6,7)/q+1/t3-/m1/s1. The van der Waals surface area contributed by atoms with Gasteiger partial charge in [0.25, 0.3) is 5.09 Å². The van der Waals surface area contributed by atoms with Crippen molar-refractivity contribution in [1.29, 1.82) is 0 Å². The fourth-order valence-electron chi connectivity index (χ4n) is 0.346. The zero-order valence-corrected chi connectivity index (χ0v) is 5.67. The van der Waals surface area contributed by atoms with Crippen molar-refractivity contribution < 1.29 is 25.1 Å². The van der Waals surface area contributed by atoms with Gasteiger partial charge < -0.3 is 4.84 Å². The van der Waals surface area contributed by atoms with Crippen LogP contribution in [0.2, 0.25) is 0 Å². The monoisotopic (exact) mass is 167 g/mol. The van der Waals surface area contributed by atoms with Gasteiger partial charge in [0, 0.05) is 0 Å². The van der Waals surface area contributed by atoms with Gasteiger partial charge in [-0.3, -0.25) is 0 Å². The van der Waals surface area contributed by atoms with Crippen molar-refractivity contribution in [3.63, 3.8) is 0 Å². The second-order valence-corrected chi connectivity index (χ2v) is 1.67. The molecule has 0 amide bonds. The molecule has 0 saturated heterocycles. The predicted molar refractivity (Wildman–Crippen MR) is 28.9 cm³/mol. The van der Waals surface area contributed by atoms with Gasteiger partial charge in [0.1, 0.15) is 11.0 Å². The highest BCUT2D eigenvalue weighted by Crippen LogP contribution is 1.90. The summed E-state index contributed by atoms with van der Waals surface area (Å²) in [6.07, 6.45) is -0.895. The molecular formula is C3H7N2O6+. The molecule has 0 aliphatic rings. The van der Waals surface area contributed by atoms with Gasteiger partial charge in [0.05, 0.1) is 0 Å². The molecule has 0 heterocycles. The van der Waals surface area contributed by atoms with E-state index in [1.165, 1.54) is 6.92 Å². The van der Waals surface area contributed by atoms with Crippen molar-refractivity contribution in [2.75, 3.05) is 6.61 Å². The van der Waals surface area contributed by atoms with Crippen molar-refractivity contribution in [3.8, 4) is 0 Å². The summed E-state index contributed by atoms with van der Waals surface area (Å²) in [5.41, 5.74) is 0. The van der Waals surface area contributed by atoms with E-state index in [0.717, 1.165) is 0 Å². The van der Waals surface area contributed by atoms with Crippen LogP contribution in [0.15, 0.2) is 0 Å². The molecule has 0 spiro atoms. The van der Waals surface area contributed by atoms with Crippen molar-refractivity contribution in [2.24, 2.45) is 0 Å². The van der Waals surface area contributed by atoms with Crippen LogP contribution in [0.25, 0.3) is 0 Å². The van der Waals surface area contributed by atoms with E-state index in [1.54, 1.807) is 0 Å². The largest absolute Gasteiger partial charge is 0.475 e. The van der Waals surface area contributed by atoms with Gasteiger partial charge in [-0.15, -0.1) is 10.1 Å². The molecular weight excluding hydrogens is 160 g/mol. The highest BCUT2D eigenvalue weighted by molar-refractivity contribution is 4.38. The summed E-state index contributed by atoms with van der Waals surface area (Å²) in [5, 5.41) is 15.7. The number of rotatable bonds is 5. The molecule has 0 unspecified atom stereocenters. The lowest BCUT2D eigenvalue weighted by atomic mass is 10.5. The summed E-state index contributed by atoms with van der Waals surface area (Å²) < 4.78 is 0. The van der Waals surface area contributed by atoms with Gasteiger partial charge in [0.2, 0.25) is 0 Å². The maximum absolute atomic E-state index is 9.66. The van der Waals surface area contributed by atoms with E-state index >= 15 is 0 Å². The Morgan fingerprint density at radius 2 is 2.18 bits per heavy atom. The summed E-state index contributed by atoms with van der Waals surface area (Å²) in [7, 11) is 0. The van der Waals surface area contributed by atoms with Crippen molar-refractivity contribution in [3.05, 3.63) is 15.0 Å². The average Bonchev–Trinajstić information content (AvgIpc) is 1.82. The fourth-order valence-corrected chi connectivity index (χ4v) is 0.346. The van der Waals surface area contributed by atoms with Crippen molar-refractivity contribution >= 4 is 0 Å². The van der Waals surface area contributed by atoms with Crippen LogP contribution in [0, 0.1) is 15.0 Å². The second kappa shape index (κ2) is 4.25. The number of hydrogen-bond acceptors (Lipinski definition) is 5. The summed E-state index contributed by atoms with van der Waals surface area (Å²) in [6, 6.07) is 0. The highest BCUT2D eigenvalue weighted by Gasteiger charge is 2.13. The van der Waals surface area contributed by atoms with Crippen LogP contribution < -0.4 is 0 Å². The van der Waals surface area contributed by atoms with Crippen LogP contribution in [-0.4, -0.2) is 28.1 Å². The quantitative estimate of drug-likeness (QED) is 0.444. The molecule has 0 aromatic heterocycles. The second-order valence-electron chi connectivity index (χ2n) is 1.67. The molecule has 0 fully saturated rings. The minimum atomic E-state index is -1.01. The molecule has 0 aliphatic carbocycles. The van der Waals surface area contributed by atoms with Gasteiger partial charge in [-0.1, -0.05) is 0 Å². The van der Waals surface area contributed by atoms with Crippen molar-refractivity contribution in [1.82, 2.24) is 0 Å². The maximum atomic E-state index is 9.66. The fraction of sp³-hybridized carbons (Fsp3) is 1.00. The third kappa shape index (κ3) is 6.28. The first-order valence-corrected chi connectivity index (χ1v) is 2.62. The molecule has 1 N–H and O–H groups in total. The molecule has 0 aromatic rings. The van der Waals surface area contributed by atoms with Crippen LogP contribution in [0.5, 0.6) is 0 Å². The molecule has 1 atom stereocenters. The normalized spacial score (nSPS) is 11.7. The van der Waals surface area contributed by atoms with E-state index in [1.807, 2.05) is 0 Å². The van der Waals surface area contributed by atoms with E-state index in [4.69, 9.17) is 5.21 Å². The number of hydrogen-bond donors (Lipinski definition) is 1. The Kier molecular flexibility index (Phi) is 3.63. The lowest BCUT2D eigenvalue weighted by molar-refractivity contribution is -0.977. The van der Waals surface area contributed by atoms with Gasteiger partial charge in [0.15, 0.2) is 6.61 Å². The molecule has 0 aromatic carbocycles. The smallest absolute Gasteiger partial charge is 0.307 e. The Bertz CT molecular complexity index is 158. The summed E-state index contributed by atoms with van der Waals surface area (Å²) in [6.45, 7) is 0.924. The zero-order valence-electron chi connectivity index (χ0n) is 5.67. The van der Waals surface area contributed by atoms with E-state index in [0.29, 0.717) is 0 Å². The molecule has 0 rings (SSSR count). The van der Waals surface area contributed by atoms with Gasteiger partial charge in [-0.05, 0) is 6.92 Å². The highest BCUT2D eigenvalue weighted by atomic mass is 17.0. The first-order chi connectivity index (χ1) is 5.02. The lowest BCUT2D eigenvalue weighted by Gasteiger charge is -2.02. The third-order valence-electron chi connectivity index (χ3n) is 0.686. The van der Waals surface area contributed by atoms with Crippen LogP contribution in [-0.2, 0) is 9.68 Å². The molecule has 0 bridgehead atoms. The zero-order chi connectivity index (χ0) is 8.85. The van der Waals surface area contributed by atoms with E-state index in [2.05, 4.69) is 9.68 Å². The molecule has 0 radical (unpaired) electrons. The van der Waals surface area contributed by atoms with E-state index in [9.17, 15) is 15.0 Å². The Labute approximate surface area is 60.9 Å². The molecule has 8 nitrogen and oxygen atoms in total. The molecule has 8 heteroatoms. The molecule has 11 heavy (non-hydrogen) atoms. The summed E-state index contributed by atoms with van der Waals surface area (Å²) in [4.78, 5) is 27.1. The summed E-state index contributed by atoms with van der Waals surface area (Å²) in [5.74, 6) is 0. The average molecular weight is 167 g/mol. The minimum Gasteiger partial charge on any atom is -0.307 e. The third-order valence-corrected chi connectivity index (χ3v) is 0.686. The molecule has 64 valence electrons. The van der Waals surface area contributed by atoms with E-state index in [-0.39, 0.29) is 6.61 Å².